The minimum absolute atomic E-state index is 0. The number of hydrogen-bond acceptors (Lipinski definition) is 4. The van der Waals surface area contributed by atoms with Gasteiger partial charge in [-0.15, -0.1) is 23.7 Å². The van der Waals surface area contributed by atoms with Gasteiger partial charge >= 0.3 is 0 Å². The number of rotatable bonds is 4. The van der Waals surface area contributed by atoms with E-state index >= 15 is 0 Å². The molecule has 2 amide bonds. The third kappa shape index (κ3) is 5.18. The van der Waals surface area contributed by atoms with Crippen LogP contribution in [0, 0.1) is 5.41 Å². The van der Waals surface area contributed by atoms with Gasteiger partial charge in [0.15, 0.2) is 0 Å². The number of halogens is 1. The number of nitrogens with zero attached hydrogens (tertiary/aromatic N) is 1. The second kappa shape index (κ2) is 9.28. The molecule has 29 heavy (non-hydrogen) atoms. The summed E-state index contributed by atoms with van der Waals surface area (Å²) >= 11 is 1.37. The lowest BCUT2D eigenvalue weighted by Gasteiger charge is -2.42. The summed E-state index contributed by atoms with van der Waals surface area (Å²) in [6.45, 7) is 9.68. The molecule has 1 aliphatic rings. The average Bonchev–Trinajstić information content (AvgIpc) is 3.11. The summed E-state index contributed by atoms with van der Waals surface area (Å²) in [5.74, 6) is 0.167. The molecule has 0 radical (unpaired) electrons. The largest absolute Gasteiger partial charge is 0.338 e. The van der Waals surface area contributed by atoms with Crippen LogP contribution in [0.15, 0.2) is 35.7 Å². The van der Waals surface area contributed by atoms with Crippen molar-refractivity contribution >= 4 is 40.6 Å². The second-order valence-corrected chi connectivity index (χ2v) is 9.42. The van der Waals surface area contributed by atoms with E-state index in [1.807, 2.05) is 34.5 Å². The number of amides is 2. The zero-order valence-electron chi connectivity index (χ0n) is 17.4. The Kier molecular flexibility index (Phi) is 7.49. The third-order valence-corrected chi connectivity index (χ3v) is 6.39. The monoisotopic (exact) mass is 435 g/mol. The summed E-state index contributed by atoms with van der Waals surface area (Å²) in [4.78, 5) is 27.5. The van der Waals surface area contributed by atoms with Gasteiger partial charge in [0.1, 0.15) is 5.00 Å². The molecule has 3 rings (SSSR count). The molecule has 2 aromatic rings. The minimum atomic E-state index is -0.201. The first-order valence-corrected chi connectivity index (χ1v) is 10.6. The molecule has 2 heterocycles. The highest BCUT2D eigenvalue weighted by Gasteiger charge is 2.36. The molecule has 1 aromatic heterocycles. The number of carbonyl (C=O) groups is 2. The van der Waals surface area contributed by atoms with Crippen molar-refractivity contribution in [2.24, 2.45) is 11.1 Å². The van der Waals surface area contributed by atoms with Crippen molar-refractivity contribution in [3.63, 3.8) is 0 Å². The number of benzene rings is 1. The highest BCUT2D eigenvalue weighted by molar-refractivity contribution is 7.14. The molecule has 1 aromatic carbocycles. The van der Waals surface area contributed by atoms with E-state index < -0.39 is 0 Å². The van der Waals surface area contributed by atoms with Gasteiger partial charge in [0, 0.05) is 24.7 Å². The molecular formula is C22H30ClN3O2S. The summed E-state index contributed by atoms with van der Waals surface area (Å²) in [7, 11) is 0. The molecular weight excluding hydrogens is 406 g/mol. The van der Waals surface area contributed by atoms with Crippen LogP contribution in [0.25, 0.3) is 0 Å². The Hall–Kier alpha value is -1.89. The zero-order chi connectivity index (χ0) is 20.5. The summed E-state index contributed by atoms with van der Waals surface area (Å²) in [6.07, 6.45) is 0.784. The molecule has 7 heteroatoms. The number of likely N-dealkylation sites (tertiary alicyclic amines) is 1. The zero-order valence-corrected chi connectivity index (χ0v) is 19.0. The van der Waals surface area contributed by atoms with Gasteiger partial charge in [-0.25, -0.2) is 0 Å². The molecule has 1 unspecified atom stereocenters. The van der Waals surface area contributed by atoms with E-state index in [1.165, 1.54) is 16.9 Å². The van der Waals surface area contributed by atoms with E-state index in [0.29, 0.717) is 35.1 Å². The Morgan fingerprint density at radius 1 is 1.21 bits per heavy atom. The van der Waals surface area contributed by atoms with Crippen LogP contribution in [0.5, 0.6) is 0 Å². The van der Waals surface area contributed by atoms with E-state index in [4.69, 9.17) is 5.73 Å². The molecule has 158 valence electrons. The Balaban J connectivity index is 0.00000300. The minimum Gasteiger partial charge on any atom is -0.338 e. The fourth-order valence-electron chi connectivity index (χ4n) is 3.49. The number of anilines is 1. The Morgan fingerprint density at radius 2 is 1.86 bits per heavy atom. The number of hydrogen-bond donors (Lipinski definition) is 2. The van der Waals surface area contributed by atoms with Gasteiger partial charge in [0.2, 0.25) is 0 Å². The van der Waals surface area contributed by atoms with Crippen LogP contribution < -0.4 is 11.1 Å². The van der Waals surface area contributed by atoms with Crippen LogP contribution in [0.1, 0.15) is 66.3 Å². The number of nitrogens with one attached hydrogen (secondary N) is 1. The van der Waals surface area contributed by atoms with Crippen LogP contribution in [-0.2, 0) is 0 Å². The van der Waals surface area contributed by atoms with Gasteiger partial charge in [-0.1, -0.05) is 39.8 Å². The smallest absolute Gasteiger partial charge is 0.256 e. The van der Waals surface area contributed by atoms with Gasteiger partial charge in [0.05, 0.1) is 5.56 Å². The van der Waals surface area contributed by atoms with Gasteiger partial charge in [-0.2, -0.15) is 0 Å². The van der Waals surface area contributed by atoms with Crippen LogP contribution in [0.2, 0.25) is 0 Å². The predicted octanol–water partition coefficient (Wildman–Crippen LogP) is 4.75. The molecule has 0 saturated carbocycles. The molecule has 1 fully saturated rings. The molecule has 1 saturated heterocycles. The lowest BCUT2D eigenvalue weighted by Crippen LogP contribution is -2.54. The molecule has 0 bridgehead atoms. The quantitative estimate of drug-likeness (QED) is 0.727. The predicted molar refractivity (Wildman–Crippen MR) is 122 cm³/mol. The second-order valence-electron chi connectivity index (χ2n) is 8.50. The molecule has 3 N–H and O–H groups in total. The van der Waals surface area contributed by atoms with Crippen molar-refractivity contribution in [1.29, 1.82) is 0 Å². The van der Waals surface area contributed by atoms with Crippen LogP contribution in [-0.4, -0.2) is 35.8 Å². The summed E-state index contributed by atoms with van der Waals surface area (Å²) in [5.41, 5.74) is 8.39. The highest BCUT2D eigenvalue weighted by atomic mass is 35.5. The summed E-state index contributed by atoms with van der Waals surface area (Å²) in [6, 6.07) is 9.47. The molecule has 1 aliphatic heterocycles. The highest BCUT2D eigenvalue weighted by Crippen LogP contribution is 2.31. The van der Waals surface area contributed by atoms with Crippen molar-refractivity contribution in [2.45, 2.75) is 46.1 Å². The Morgan fingerprint density at radius 3 is 2.45 bits per heavy atom. The molecule has 5 nitrogen and oxygen atoms in total. The van der Waals surface area contributed by atoms with Crippen LogP contribution in [0.3, 0.4) is 0 Å². The van der Waals surface area contributed by atoms with Gasteiger partial charge in [0.25, 0.3) is 11.8 Å². The maximum Gasteiger partial charge on any atom is 0.256 e. The molecule has 0 spiro atoms. The fraction of sp³-hybridized carbons (Fsp3) is 0.455. The van der Waals surface area contributed by atoms with Crippen molar-refractivity contribution in [3.8, 4) is 0 Å². The first-order valence-electron chi connectivity index (χ1n) is 9.72. The van der Waals surface area contributed by atoms with E-state index in [0.717, 1.165) is 6.42 Å². The summed E-state index contributed by atoms with van der Waals surface area (Å²) in [5, 5.41) is 5.34. The summed E-state index contributed by atoms with van der Waals surface area (Å²) < 4.78 is 0. The number of thiophene rings is 1. The topological polar surface area (TPSA) is 75.4 Å². The Labute approximate surface area is 183 Å². The van der Waals surface area contributed by atoms with Crippen LogP contribution >= 0.6 is 23.7 Å². The molecule has 1 atom stereocenters. The SMILES string of the molecule is CC(C)c1ccc(C(=O)Nc2sccc2C(=O)N2CCC(N)C(C)(C)C2)cc1.Cl. The van der Waals surface area contributed by atoms with Crippen molar-refractivity contribution < 1.29 is 9.59 Å². The lowest BCUT2D eigenvalue weighted by molar-refractivity contribution is 0.0534. The lowest BCUT2D eigenvalue weighted by atomic mass is 9.79. The van der Waals surface area contributed by atoms with E-state index in [2.05, 4.69) is 33.0 Å². The van der Waals surface area contributed by atoms with E-state index in [-0.39, 0.29) is 35.7 Å². The van der Waals surface area contributed by atoms with Gasteiger partial charge < -0.3 is 16.0 Å². The van der Waals surface area contributed by atoms with E-state index in [9.17, 15) is 9.59 Å². The first kappa shape index (κ1) is 23.4. The number of carbonyl (C=O) groups excluding carboxylic acids is 2. The number of nitrogens with two attached hydrogens (primary N) is 1. The van der Waals surface area contributed by atoms with Gasteiger partial charge in [-0.3, -0.25) is 9.59 Å². The average molecular weight is 436 g/mol. The van der Waals surface area contributed by atoms with Gasteiger partial charge in [-0.05, 0) is 46.9 Å². The van der Waals surface area contributed by atoms with Crippen molar-refractivity contribution in [1.82, 2.24) is 4.90 Å². The third-order valence-electron chi connectivity index (χ3n) is 5.56. The first-order chi connectivity index (χ1) is 13.2. The molecule has 0 aliphatic carbocycles. The number of piperidine rings is 1. The maximum absolute atomic E-state index is 13.1. The fourth-order valence-corrected chi connectivity index (χ4v) is 4.26. The van der Waals surface area contributed by atoms with Crippen molar-refractivity contribution in [3.05, 3.63) is 52.4 Å². The normalized spacial score (nSPS) is 18.3. The van der Waals surface area contributed by atoms with Crippen LogP contribution in [0.4, 0.5) is 5.00 Å². The van der Waals surface area contributed by atoms with Crippen molar-refractivity contribution in [2.75, 3.05) is 18.4 Å². The van der Waals surface area contributed by atoms with E-state index in [1.54, 1.807) is 6.07 Å². The maximum atomic E-state index is 13.1. The standard InChI is InChI=1S/C22H29N3O2S.ClH/c1-14(2)15-5-7-16(8-6-15)19(26)24-20-17(10-12-28-20)21(27)25-11-9-18(23)22(3,4)13-25;/h5-8,10,12,14,18H,9,11,13,23H2,1-4H3,(H,24,26);1H. The Bertz CT molecular complexity index is 861.